The number of halogens is 3. The van der Waals surface area contributed by atoms with E-state index in [-0.39, 0.29) is 6.61 Å². The smallest absolute Gasteiger partial charge is 0.379 e. The number of ether oxygens (including phenoxy) is 1. The molecule has 0 bridgehead atoms. The number of nitrogens with two attached hydrogens (primary N) is 1. The summed E-state index contributed by atoms with van der Waals surface area (Å²) in [5.41, 5.74) is 3.63. The van der Waals surface area contributed by atoms with Crippen LogP contribution in [-0.4, -0.2) is 23.4 Å². The minimum atomic E-state index is -4.17. The topological polar surface area (TPSA) is 95.5 Å². The largest absolute Gasteiger partial charge is 0.462 e. The van der Waals surface area contributed by atoms with E-state index in [1.807, 2.05) is 0 Å². The van der Waals surface area contributed by atoms with Crippen molar-refractivity contribution in [1.29, 1.82) is 0 Å². The van der Waals surface area contributed by atoms with E-state index >= 15 is 0 Å². The lowest BCUT2D eigenvalue weighted by molar-refractivity contribution is -0.386. The van der Waals surface area contributed by atoms with Crippen LogP contribution in [0.4, 0.5) is 18.9 Å². The number of benzene rings is 1. The fourth-order valence-corrected chi connectivity index (χ4v) is 1.49. The van der Waals surface area contributed by atoms with Crippen LogP contribution in [0, 0.1) is 15.9 Å². The molecule has 0 saturated heterocycles. The van der Waals surface area contributed by atoms with E-state index in [0.717, 1.165) is 12.1 Å². The van der Waals surface area contributed by atoms with Crippen molar-refractivity contribution in [2.45, 2.75) is 18.9 Å². The number of nitrogens with zero attached hydrogens (tertiary/aromatic N) is 1. The van der Waals surface area contributed by atoms with Crippen LogP contribution in [0.25, 0.3) is 0 Å². The summed E-state index contributed by atoms with van der Waals surface area (Å²) in [6.07, 6.45) is 0. The van der Waals surface area contributed by atoms with Gasteiger partial charge in [-0.15, -0.1) is 0 Å². The molecule has 1 aromatic rings. The Bertz CT molecular complexity index is 536. The van der Waals surface area contributed by atoms with Gasteiger partial charge >= 0.3 is 11.9 Å². The molecule has 9 heteroatoms. The Kier molecular flexibility index (Phi) is 4.66. The van der Waals surface area contributed by atoms with E-state index in [4.69, 9.17) is 5.73 Å². The zero-order valence-corrected chi connectivity index (χ0v) is 10.3. The SMILES string of the molecule is CCOC(=O)C(F)(F)[C@H](N)c1ccc(F)cc1[N+](=O)[O-]. The highest BCUT2D eigenvalue weighted by molar-refractivity contribution is 5.79. The molecule has 0 spiro atoms. The molecule has 0 aromatic heterocycles. The Hall–Kier alpha value is -2.16. The first-order valence-corrected chi connectivity index (χ1v) is 5.46. The van der Waals surface area contributed by atoms with Crippen molar-refractivity contribution >= 4 is 11.7 Å². The molecule has 0 fully saturated rings. The maximum absolute atomic E-state index is 13.7. The van der Waals surface area contributed by atoms with Crippen LogP contribution in [0.5, 0.6) is 0 Å². The predicted octanol–water partition coefficient (Wildman–Crippen LogP) is 1.93. The lowest BCUT2D eigenvalue weighted by atomic mass is 9.99. The fraction of sp³-hybridized carbons (Fsp3) is 0.364. The lowest BCUT2D eigenvalue weighted by Gasteiger charge is -2.21. The van der Waals surface area contributed by atoms with Gasteiger partial charge in [0.2, 0.25) is 0 Å². The molecule has 0 unspecified atom stereocenters. The zero-order valence-electron chi connectivity index (χ0n) is 10.3. The molecule has 2 N–H and O–H groups in total. The van der Waals surface area contributed by atoms with Gasteiger partial charge in [0.15, 0.2) is 0 Å². The molecule has 20 heavy (non-hydrogen) atoms. The molecule has 0 saturated carbocycles. The molecular weight excluding hydrogens is 281 g/mol. The summed E-state index contributed by atoms with van der Waals surface area (Å²) in [6.45, 7) is 1.02. The maximum atomic E-state index is 13.7. The average molecular weight is 292 g/mol. The first kappa shape index (κ1) is 15.9. The minimum Gasteiger partial charge on any atom is -0.462 e. The van der Waals surface area contributed by atoms with E-state index in [1.54, 1.807) is 0 Å². The van der Waals surface area contributed by atoms with Gasteiger partial charge < -0.3 is 10.5 Å². The van der Waals surface area contributed by atoms with Crippen molar-refractivity contribution in [2.24, 2.45) is 5.73 Å². The van der Waals surface area contributed by atoms with Gasteiger partial charge in [-0.1, -0.05) is 0 Å². The number of rotatable bonds is 5. The second-order valence-electron chi connectivity index (χ2n) is 3.78. The van der Waals surface area contributed by atoms with E-state index in [1.165, 1.54) is 6.92 Å². The molecule has 0 heterocycles. The number of hydrogen-bond acceptors (Lipinski definition) is 5. The van der Waals surface area contributed by atoms with E-state index in [0.29, 0.717) is 6.07 Å². The van der Waals surface area contributed by atoms with Gasteiger partial charge in [0, 0.05) is 0 Å². The average Bonchev–Trinajstić information content (AvgIpc) is 2.37. The van der Waals surface area contributed by atoms with Crippen molar-refractivity contribution in [3.8, 4) is 0 Å². The Morgan fingerprint density at radius 3 is 2.65 bits per heavy atom. The highest BCUT2D eigenvalue weighted by atomic mass is 19.3. The summed E-state index contributed by atoms with van der Waals surface area (Å²) < 4.78 is 44.5. The first-order chi connectivity index (χ1) is 9.21. The van der Waals surface area contributed by atoms with Crippen LogP contribution in [0.1, 0.15) is 18.5 Å². The quantitative estimate of drug-likeness (QED) is 0.508. The monoisotopic (exact) mass is 292 g/mol. The molecule has 6 nitrogen and oxygen atoms in total. The van der Waals surface area contributed by atoms with Crippen LogP contribution in [-0.2, 0) is 9.53 Å². The molecule has 1 aromatic carbocycles. The molecule has 0 radical (unpaired) electrons. The molecule has 0 aliphatic rings. The predicted molar refractivity (Wildman–Crippen MR) is 61.6 cm³/mol. The highest BCUT2D eigenvalue weighted by Gasteiger charge is 2.49. The van der Waals surface area contributed by atoms with Gasteiger partial charge in [0.1, 0.15) is 11.9 Å². The Balaban J connectivity index is 3.23. The van der Waals surface area contributed by atoms with Crippen LogP contribution in [0.15, 0.2) is 18.2 Å². The summed E-state index contributed by atoms with van der Waals surface area (Å²) in [5, 5.41) is 10.7. The molecule has 0 aliphatic heterocycles. The molecule has 0 aliphatic carbocycles. The number of esters is 1. The van der Waals surface area contributed by atoms with Crippen LogP contribution in [0.3, 0.4) is 0 Å². The third kappa shape index (κ3) is 3.05. The Morgan fingerprint density at radius 2 is 2.15 bits per heavy atom. The number of carbonyl (C=O) groups is 1. The standard InChI is InChI=1S/C11H11F3N2O4/c1-2-20-10(17)11(13,14)9(15)7-4-3-6(12)5-8(7)16(18)19/h3-5,9H,2,15H2,1H3/t9-/m1/s1. The highest BCUT2D eigenvalue weighted by Crippen LogP contribution is 2.35. The van der Waals surface area contributed by atoms with Crippen molar-refractivity contribution in [3.63, 3.8) is 0 Å². The summed E-state index contributed by atoms with van der Waals surface area (Å²) >= 11 is 0. The van der Waals surface area contributed by atoms with Crippen molar-refractivity contribution in [2.75, 3.05) is 6.61 Å². The number of nitro groups is 1. The molecule has 1 rings (SSSR count). The second-order valence-corrected chi connectivity index (χ2v) is 3.78. The van der Waals surface area contributed by atoms with Crippen LogP contribution in [0.2, 0.25) is 0 Å². The van der Waals surface area contributed by atoms with Crippen molar-refractivity contribution in [3.05, 3.63) is 39.7 Å². The van der Waals surface area contributed by atoms with Crippen molar-refractivity contribution in [1.82, 2.24) is 0 Å². The van der Waals surface area contributed by atoms with Gasteiger partial charge in [0.25, 0.3) is 5.69 Å². The number of nitro benzene ring substituents is 1. The number of hydrogen-bond donors (Lipinski definition) is 1. The third-order valence-electron chi connectivity index (χ3n) is 2.46. The summed E-state index contributed by atoms with van der Waals surface area (Å²) in [7, 11) is 0. The number of alkyl halides is 2. The summed E-state index contributed by atoms with van der Waals surface area (Å²) in [6, 6.07) is -0.381. The number of carbonyl (C=O) groups excluding carboxylic acids is 1. The summed E-state index contributed by atoms with van der Waals surface area (Å²) in [4.78, 5) is 20.8. The van der Waals surface area contributed by atoms with E-state index < -0.39 is 39.9 Å². The first-order valence-electron chi connectivity index (χ1n) is 5.46. The van der Waals surface area contributed by atoms with Gasteiger partial charge in [-0.05, 0) is 19.1 Å². The van der Waals surface area contributed by atoms with Crippen molar-refractivity contribution < 1.29 is 27.6 Å². The fourth-order valence-electron chi connectivity index (χ4n) is 1.49. The van der Waals surface area contributed by atoms with Gasteiger partial charge in [0.05, 0.1) is 23.2 Å². The molecule has 110 valence electrons. The van der Waals surface area contributed by atoms with Gasteiger partial charge in [-0.25, -0.2) is 9.18 Å². The van der Waals surface area contributed by atoms with Gasteiger partial charge in [-0.3, -0.25) is 10.1 Å². The molecule has 0 amide bonds. The molecule has 1 atom stereocenters. The Morgan fingerprint density at radius 1 is 1.55 bits per heavy atom. The lowest BCUT2D eigenvalue weighted by Crippen LogP contribution is -2.42. The normalized spacial score (nSPS) is 12.8. The Labute approximate surface area is 111 Å². The third-order valence-corrected chi connectivity index (χ3v) is 2.46. The second kappa shape index (κ2) is 5.87. The maximum Gasteiger partial charge on any atom is 0.379 e. The van der Waals surface area contributed by atoms with Gasteiger partial charge in [-0.2, -0.15) is 8.78 Å². The van der Waals surface area contributed by atoms with E-state index in [9.17, 15) is 28.1 Å². The minimum absolute atomic E-state index is 0.299. The summed E-state index contributed by atoms with van der Waals surface area (Å²) in [5.74, 6) is -7.04. The van der Waals surface area contributed by atoms with Crippen LogP contribution < -0.4 is 5.73 Å². The van der Waals surface area contributed by atoms with E-state index in [2.05, 4.69) is 4.74 Å². The zero-order chi connectivity index (χ0) is 15.5. The molecular formula is C11H11F3N2O4. The van der Waals surface area contributed by atoms with Crippen LogP contribution >= 0.6 is 0 Å².